The number of benzene rings is 1. The van der Waals surface area contributed by atoms with Crippen LogP contribution in [0.15, 0.2) is 30.5 Å². The van der Waals surface area contributed by atoms with Crippen LogP contribution in [0.1, 0.15) is 54.1 Å². The molecule has 1 aliphatic heterocycles. The minimum Gasteiger partial charge on any atom is -0.459 e. The smallest absolute Gasteiger partial charge is 0.322 e. The summed E-state index contributed by atoms with van der Waals surface area (Å²) in [6, 6.07) is 7.83. The van der Waals surface area contributed by atoms with Gasteiger partial charge < -0.3 is 20.7 Å². The number of anilines is 1. The number of piperidine rings is 1. The lowest BCUT2D eigenvalue weighted by molar-refractivity contribution is 0.0962. The van der Waals surface area contributed by atoms with Crippen LogP contribution in [0, 0.1) is 0 Å². The Kier molecular flexibility index (Phi) is 6.31. The van der Waals surface area contributed by atoms with Gasteiger partial charge in [-0.15, -0.1) is 0 Å². The first-order valence-electron chi connectivity index (χ1n) is 10.7. The molecule has 3 aromatic rings. The summed E-state index contributed by atoms with van der Waals surface area (Å²) in [5.74, 6) is 0.668. The van der Waals surface area contributed by atoms with Crippen LogP contribution in [0.2, 0.25) is 0 Å². The average Bonchev–Trinajstić information content (AvgIpc) is 3.22. The van der Waals surface area contributed by atoms with Crippen LogP contribution in [-0.4, -0.2) is 51.7 Å². The van der Waals surface area contributed by atoms with Crippen molar-refractivity contribution in [3.63, 3.8) is 0 Å². The highest BCUT2D eigenvalue weighted by molar-refractivity contribution is 5.95. The monoisotopic (exact) mass is 423 g/mol. The average molecular weight is 424 g/mol. The van der Waals surface area contributed by atoms with Crippen molar-refractivity contribution in [3.05, 3.63) is 47.2 Å². The van der Waals surface area contributed by atoms with Crippen molar-refractivity contribution in [2.45, 2.75) is 45.3 Å². The second-order valence-electron chi connectivity index (χ2n) is 8.00. The summed E-state index contributed by atoms with van der Waals surface area (Å²) in [6.07, 6.45) is 3.91. The van der Waals surface area contributed by atoms with E-state index in [0.717, 1.165) is 42.7 Å². The number of amides is 1. The van der Waals surface area contributed by atoms with E-state index in [0.29, 0.717) is 24.1 Å². The predicted octanol–water partition coefficient (Wildman–Crippen LogP) is 2.35. The number of rotatable bonds is 7. The zero-order valence-electron chi connectivity index (χ0n) is 18.2. The van der Waals surface area contributed by atoms with Gasteiger partial charge >= 0.3 is 6.01 Å². The largest absolute Gasteiger partial charge is 0.459 e. The van der Waals surface area contributed by atoms with Crippen molar-refractivity contribution in [1.29, 1.82) is 0 Å². The van der Waals surface area contributed by atoms with Gasteiger partial charge in [0.15, 0.2) is 5.65 Å². The lowest BCUT2D eigenvalue weighted by Gasteiger charge is -2.23. The molecular formula is C22H29N7O2. The third-order valence-corrected chi connectivity index (χ3v) is 5.45. The Bertz CT molecular complexity index is 1060. The molecule has 1 aromatic carbocycles. The number of carbonyl (C=O) groups is 1. The molecule has 2 aromatic heterocycles. The summed E-state index contributed by atoms with van der Waals surface area (Å²) >= 11 is 0. The normalized spacial score (nSPS) is 16.5. The summed E-state index contributed by atoms with van der Waals surface area (Å²) < 4.78 is 7.81. The lowest BCUT2D eigenvalue weighted by atomic mass is 10.1. The zero-order valence-corrected chi connectivity index (χ0v) is 18.2. The first-order chi connectivity index (χ1) is 15.1. The Morgan fingerprint density at radius 1 is 1.32 bits per heavy atom. The van der Waals surface area contributed by atoms with E-state index in [-0.39, 0.29) is 17.9 Å². The highest BCUT2D eigenvalue weighted by Crippen LogP contribution is 2.24. The number of hydrogen-bond donors (Lipinski definition) is 3. The number of ether oxygens (including phenoxy) is 1. The van der Waals surface area contributed by atoms with Gasteiger partial charge in [-0.3, -0.25) is 4.79 Å². The highest BCUT2D eigenvalue weighted by Gasteiger charge is 2.20. The van der Waals surface area contributed by atoms with Crippen molar-refractivity contribution in [3.8, 4) is 6.01 Å². The Morgan fingerprint density at radius 2 is 2.16 bits per heavy atom. The highest BCUT2D eigenvalue weighted by atomic mass is 16.5. The molecule has 0 bridgehead atoms. The van der Waals surface area contributed by atoms with Crippen LogP contribution < -0.4 is 20.7 Å². The Labute approximate surface area is 181 Å². The predicted molar refractivity (Wildman–Crippen MR) is 119 cm³/mol. The maximum atomic E-state index is 12.2. The molecule has 0 saturated carbocycles. The summed E-state index contributed by atoms with van der Waals surface area (Å²) in [6.45, 7) is 6.43. The second kappa shape index (κ2) is 9.30. The molecule has 31 heavy (non-hydrogen) atoms. The van der Waals surface area contributed by atoms with Crippen LogP contribution >= 0.6 is 0 Å². The van der Waals surface area contributed by atoms with Gasteiger partial charge in [-0.1, -0.05) is 32.0 Å². The fourth-order valence-corrected chi connectivity index (χ4v) is 3.72. The summed E-state index contributed by atoms with van der Waals surface area (Å²) in [5, 5.41) is 13.9. The third kappa shape index (κ3) is 4.61. The first kappa shape index (κ1) is 21.0. The molecule has 1 saturated heterocycles. The molecule has 9 heteroatoms. The molecule has 1 amide bonds. The lowest BCUT2D eigenvalue weighted by Crippen LogP contribution is -2.37. The fraction of sp³-hybridized carbons (Fsp3) is 0.455. The molecule has 0 radical (unpaired) electrons. The van der Waals surface area contributed by atoms with Crippen LogP contribution in [-0.2, 0) is 6.54 Å². The van der Waals surface area contributed by atoms with E-state index >= 15 is 0 Å². The Hall–Kier alpha value is -3.20. The molecule has 1 aliphatic rings. The summed E-state index contributed by atoms with van der Waals surface area (Å²) in [7, 11) is 1.63. The Balaban J connectivity index is 1.65. The standard InChI is InChI=1S/C22H29N7O2/c1-14(2)18-13-26-29-19(18)27-22(31-16-8-6-10-24-12-16)28-21(29)25-11-15-7-4-5-9-17(15)20(30)23-3/h4-5,7,9,13-14,16,24H,6,8,10-12H2,1-3H3,(H,23,30)(H,25,27,28)/t16-/m1/s1. The van der Waals surface area contributed by atoms with Gasteiger partial charge in [0.1, 0.15) is 6.10 Å². The minimum atomic E-state index is -0.125. The van der Waals surface area contributed by atoms with E-state index in [4.69, 9.17) is 4.74 Å². The number of aromatic nitrogens is 4. The quantitative estimate of drug-likeness (QED) is 0.536. The van der Waals surface area contributed by atoms with E-state index in [1.54, 1.807) is 17.6 Å². The molecule has 0 aliphatic carbocycles. The molecule has 1 fully saturated rings. The number of hydrogen-bond acceptors (Lipinski definition) is 7. The molecule has 164 valence electrons. The molecule has 3 heterocycles. The van der Waals surface area contributed by atoms with Crippen LogP contribution in [0.5, 0.6) is 6.01 Å². The van der Waals surface area contributed by atoms with Gasteiger partial charge in [-0.2, -0.15) is 19.6 Å². The molecule has 1 atom stereocenters. The third-order valence-electron chi connectivity index (χ3n) is 5.45. The van der Waals surface area contributed by atoms with Crippen molar-refractivity contribution >= 4 is 17.5 Å². The summed E-state index contributed by atoms with van der Waals surface area (Å²) in [4.78, 5) is 21.5. The molecular weight excluding hydrogens is 394 g/mol. The molecule has 0 spiro atoms. The van der Waals surface area contributed by atoms with Crippen molar-refractivity contribution in [2.24, 2.45) is 0 Å². The summed E-state index contributed by atoms with van der Waals surface area (Å²) in [5.41, 5.74) is 3.24. The second-order valence-corrected chi connectivity index (χ2v) is 8.00. The van der Waals surface area contributed by atoms with Crippen molar-refractivity contribution < 1.29 is 9.53 Å². The zero-order chi connectivity index (χ0) is 21.8. The van der Waals surface area contributed by atoms with Crippen molar-refractivity contribution in [2.75, 3.05) is 25.5 Å². The SMILES string of the molecule is CNC(=O)c1ccccc1CNc1nc(O[C@@H]2CCCNC2)nc2c(C(C)C)cnn12. The fourth-order valence-electron chi connectivity index (χ4n) is 3.72. The van der Waals surface area contributed by atoms with Gasteiger partial charge in [-0.05, 0) is 36.9 Å². The van der Waals surface area contributed by atoms with Crippen LogP contribution in [0.3, 0.4) is 0 Å². The molecule has 4 rings (SSSR count). The van der Waals surface area contributed by atoms with Crippen molar-refractivity contribution in [1.82, 2.24) is 30.2 Å². The van der Waals surface area contributed by atoms with E-state index < -0.39 is 0 Å². The number of nitrogens with one attached hydrogen (secondary N) is 3. The maximum absolute atomic E-state index is 12.2. The number of nitrogens with zero attached hydrogens (tertiary/aromatic N) is 4. The molecule has 0 unspecified atom stereocenters. The topological polar surface area (TPSA) is 105 Å². The number of carbonyl (C=O) groups excluding carboxylic acids is 1. The minimum absolute atomic E-state index is 0.0449. The van der Waals surface area contributed by atoms with E-state index in [1.807, 2.05) is 24.4 Å². The van der Waals surface area contributed by atoms with Gasteiger partial charge in [0.2, 0.25) is 5.95 Å². The maximum Gasteiger partial charge on any atom is 0.322 e. The van der Waals surface area contributed by atoms with Gasteiger partial charge in [0, 0.05) is 31.3 Å². The van der Waals surface area contributed by atoms with E-state index in [9.17, 15) is 4.79 Å². The number of fused-ring (bicyclic) bond motifs is 1. The Morgan fingerprint density at radius 3 is 2.90 bits per heavy atom. The van der Waals surface area contributed by atoms with E-state index in [2.05, 4.69) is 44.9 Å². The van der Waals surface area contributed by atoms with Crippen LogP contribution in [0.4, 0.5) is 5.95 Å². The van der Waals surface area contributed by atoms with Gasteiger partial charge in [0.05, 0.1) is 6.20 Å². The first-order valence-corrected chi connectivity index (χ1v) is 10.7. The van der Waals surface area contributed by atoms with Crippen LogP contribution in [0.25, 0.3) is 5.65 Å². The molecule has 9 nitrogen and oxygen atoms in total. The molecule has 3 N–H and O–H groups in total. The van der Waals surface area contributed by atoms with Gasteiger partial charge in [-0.25, -0.2) is 0 Å². The van der Waals surface area contributed by atoms with E-state index in [1.165, 1.54) is 0 Å². The van der Waals surface area contributed by atoms with Gasteiger partial charge in [0.25, 0.3) is 5.91 Å².